The highest BCUT2D eigenvalue weighted by molar-refractivity contribution is 6.30. The van der Waals surface area contributed by atoms with Crippen molar-refractivity contribution in [3.05, 3.63) is 93.5 Å². The molecule has 0 bridgehead atoms. The third kappa shape index (κ3) is 5.90. The topological polar surface area (TPSA) is 71.3 Å². The Hall–Kier alpha value is -3.75. The molecule has 5 nitrogen and oxygen atoms in total. The lowest BCUT2D eigenvalue weighted by molar-refractivity contribution is -0.112. The molecule has 0 aromatic heterocycles. The van der Waals surface area contributed by atoms with E-state index in [0.29, 0.717) is 34.4 Å². The Morgan fingerprint density at radius 1 is 1.03 bits per heavy atom. The minimum Gasteiger partial charge on any atom is -0.493 e. The van der Waals surface area contributed by atoms with Crippen LogP contribution in [0.3, 0.4) is 0 Å². The van der Waals surface area contributed by atoms with Crippen LogP contribution < -0.4 is 14.8 Å². The lowest BCUT2D eigenvalue weighted by Gasteiger charge is -2.12. The first-order valence-electron chi connectivity index (χ1n) is 9.95. The summed E-state index contributed by atoms with van der Waals surface area (Å²) in [5.74, 6) is 0.579. The molecule has 3 aromatic carbocycles. The van der Waals surface area contributed by atoms with Gasteiger partial charge in [-0.05, 0) is 78.6 Å². The third-order valence-electron chi connectivity index (χ3n) is 4.94. The first-order valence-corrected chi connectivity index (χ1v) is 10.3. The van der Waals surface area contributed by atoms with E-state index in [0.717, 1.165) is 16.7 Å². The maximum absolute atomic E-state index is 12.6. The molecule has 0 atom stereocenters. The van der Waals surface area contributed by atoms with Gasteiger partial charge in [-0.1, -0.05) is 35.9 Å². The van der Waals surface area contributed by atoms with Crippen LogP contribution in [0.25, 0.3) is 6.08 Å². The number of nitrogens with one attached hydrogen (secondary N) is 1. The first kappa shape index (κ1) is 22.9. The number of rotatable bonds is 7. The van der Waals surface area contributed by atoms with Gasteiger partial charge in [-0.3, -0.25) is 4.79 Å². The minimum atomic E-state index is -0.474. The predicted octanol–water partition coefficient (Wildman–Crippen LogP) is 6.09. The fourth-order valence-corrected chi connectivity index (χ4v) is 3.09. The largest absolute Gasteiger partial charge is 0.493 e. The predicted molar refractivity (Wildman–Crippen MR) is 127 cm³/mol. The van der Waals surface area contributed by atoms with Crippen LogP contribution in [0, 0.1) is 25.2 Å². The van der Waals surface area contributed by atoms with Gasteiger partial charge in [0.2, 0.25) is 0 Å². The number of methoxy groups -OCH3 is 1. The number of halogens is 1. The summed E-state index contributed by atoms with van der Waals surface area (Å²) < 4.78 is 11.3. The average Bonchev–Trinajstić information content (AvgIpc) is 2.79. The van der Waals surface area contributed by atoms with Crippen LogP contribution in [0.1, 0.15) is 22.3 Å². The highest BCUT2D eigenvalue weighted by atomic mass is 35.5. The van der Waals surface area contributed by atoms with Crippen molar-refractivity contribution in [1.82, 2.24) is 0 Å². The number of anilines is 1. The van der Waals surface area contributed by atoms with Gasteiger partial charge in [-0.15, -0.1) is 0 Å². The number of ether oxygens (including phenoxy) is 2. The number of carbonyl (C=O) groups excluding carboxylic acids is 1. The van der Waals surface area contributed by atoms with Crippen molar-refractivity contribution in [3.63, 3.8) is 0 Å². The molecule has 32 heavy (non-hydrogen) atoms. The summed E-state index contributed by atoms with van der Waals surface area (Å²) >= 11 is 5.91. The molecule has 162 valence electrons. The molecule has 3 rings (SSSR count). The van der Waals surface area contributed by atoms with Crippen molar-refractivity contribution in [2.75, 3.05) is 12.4 Å². The molecule has 0 spiro atoms. The van der Waals surface area contributed by atoms with Gasteiger partial charge in [-0.2, -0.15) is 5.26 Å². The number of nitrogens with zero attached hydrogens (tertiary/aromatic N) is 1. The molecule has 0 fully saturated rings. The van der Waals surface area contributed by atoms with Crippen LogP contribution in [-0.2, 0) is 11.4 Å². The Morgan fingerprint density at radius 3 is 2.44 bits per heavy atom. The summed E-state index contributed by atoms with van der Waals surface area (Å²) in [4.78, 5) is 12.6. The maximum atomic E-state index is 12.6. The SMILES string of the molecule is COc1cc(/C=C(\C#N)C(=O)Nc2ccc(C)c(C)c2)ccc1OCc1ccc(Cl)cc1. The molecule has 1 amide bonds. The smallest absolute Gasteiger partial charge is 0.266 e. The van der Waals surface area contributed by atoms with Gasteiger partial charge in [0, 0.05) is 10.7 Å². The van der Waals surface area contributed by atoms with Gasteiger partial charge in [0.25, 0.3) is 5.91 Å². The highest BCUT2D eigenvalue weighted by Gasteiger charge is 2.12. The summed E-state index contributed by atoms with van der Waals surface area (Å²) in [5, 5.41) is 12.9. The zero-order valence-electron chi connectivity index (χ0n) is 18.1. The van der Waals surface area contributed by atoms with Crippen LogP contribution in [-0.4, -0.2) is 13.0 Å². The van der Waals surface area contributed by atoms with Gasteiger partial charge < -0.3 is 14.8 Å². The van der Waals surface area contributed by atoms with Crippen LogP contribution in [0.4, 0.5) is 5.69 Å². The summed E-state index contributed by atoms with van der Waals surface area (Å²) in [6.45, 7) is 4.32. The number of nitriles is 1. The molecule has 0 aliphatic rings. The zero-order chi connectivity index (χ0) is 23.1. The summed E-state index contributed by atoms with van der Waals surface area (Å²) in [7, 11) is 1.54. The number of benzene rings is 3. The second-order valence-corrected chi connectivity index (χ2v) is 7.68. The fourth-order valence-electron chi connectivity index (χ4n) is 2.97. The van der Waals surface area contributed by atoms with Gasteiger partial charge in [0.05, 0.1) is 7.11 Å². The van der Waals surface area contributed by atoms with Crippen LogP contribution in [0.15, 0.2) is 66.2 Å². The Kier molecular flexibility index (Phi) is 7.54. The molecule has 0 saturated heterocycles. The minimum absolute atomic E-state index is 0.0138. The van der Waals surface area contributed by atoms with Crippen molar-refractivity contribution in [2.45, 2.75) is 20.5 Å². The van der Waals surface area contributed by atoms with Crippen molar-refractivity contribution in [2.24, 2.45) is 0 Å². The van der Waals surface area contributed by atoms with Gasteiger partial charge in [0.15, 0.2) is 11.5 Å². The third-order valence-corrected chi connectivity index (χ3v) is 5.19. The lowest BCUT2D eigenvalue weighted by atomic mass is 10.1. The number of carbonyl (C=O) groups is 1. The molecule has 0 radical (unpaired) electrons. The molecular weight excluding hydrogens is 424 g/mol. The van der Waals surface area contributed by atoms with E-state index in [1.807, 2.05) is 50.2 Å². The maximum Gasteiger partial charge on any atom is 0.266 e. The lowest BCUT2D eigenvalue weighted by Crippen LogP contribution is -2.13. The second-order valence-electron chi connectivity index (χ2n) is 7.25. The molecule has 0 aliphatic carbocycles. The number of aryl methyl sites for hydroxylation is 2. The molecule has 0 aliphatic heterocycles. The van der Waals surface area contributed by atoms with Crippen LogP contribution in [0.5, 0.6) is 11.5 Å². The number of hydrogen-bond donors (Lipinski definition) is 1. The Morgan fingerprint density at radius 2 is 1.78 bits per heavy atom. The standard InChI is InChI=1S/C26H23ClN2O3/c1-17-4-10-23(12-18(17)2)29-26(30)21(15-28)13-20-7-11-24(25(14-20)31-3)32-16-19-5-8-22(27)9-6-19/h4-14H,16H2,1-3H3,(H,29,30)/b21-13+. The van der Waals surface area contributed by atoms with Gasteiger partial charge >= 0.3 is 0 Å². The molecule has 0 heterocycles. The molecular formula is C26H23ClN2O3. The monoisotopic (exact) mass is 446 g/mol. The van der Waals surface area contributed by atoms with E-state index >= 15 is 0 Å². The van der Waals surface area contributed by atoms with Crippen molar-refractivity contribution < 1.29 is 14.3 Å². The van der Waals surface area contributed by atoms with E-state index in [-0.39, 0.29) is 5.57 Å². The van der Waals surface area contributed by atoms with E-state index in [2.05, 4.69) is 5.32 Å². The summed E-state index contributed by atoms with van der Waals surface area (Å²) in [6.07, 6.45) is 1.52. The van der Waals surface area contributed by atoms with Gasteiger partial charge in [-0.25, -0.2) is 0 Å². The Bertz CT molecular complexity index is 1190. The van der Waals surface area contributed by atoms with E-state index in [1.165, 1.54) is 13.2 Å². The van der Waals surface area contributed by atoms with Crippen molar-refractivity contribution >= 4 is 29.3 Å². The average molecular weight is 447 g/mol. The molecule has 1 N–H and O–H groups in total. The summed E-state index contributed by atoms with van der Waals surface area (Å²) in [6, 6.07) is 20.2. The molecule has 0 saturated carbocycles. The number of hydrogen-bond acceptors (Lipinski definition) is 4. The normalized spacial score (nSPS) is 10.9. The first-order chi connectivity index (χ1) is 15.4. The molecule has 6 heteroatoms. The van der Waals surface area contributed by atoms with Crippen LogP contribution in [0.2, 0.25) is 5.02 Å². The second kappa shape index (κ2) is 10.5. The zero-order valence-corrected chi connectivity index (χ0v) is 18.9. The highest BCUT2D eigenvalue weighted by Crippen LogP contribution is 2.30. The quantitative estimate of drug-likeness (QED) is 0.352. The van der Waals surface area contributed by atoms with Crippen molar-refractivity contribution in [1.29, 1.82) is 5.26 Å². The molecule has 3 aromatic rings. The Balaban J connectivity index is 1.75. The van der Waals surface area contributed by atoms with E-state index in [9.17, 15) is 10.1 Å². The summed E-state index contributed by atoms with van der Waals surface area (Å²) in [5.41, 5.74) is 4.43. The van der Waals surface area contributed by atoms with E-state index in [4.69, 9.17) is 21.1 Å². The van der Waals surface area contributed by atoms with Crippen LogP contribution >= 0.6 is 11.6 Å². The molecule has 0 unspecified atom stereocenters. The Labute approximate surface area is 192 Å². The van der Waals surface area contributed by atoms with Gasteiger partial charge in [0.1, 0.15) is 18.2 Å². The number of amides is 1. The van der Waals surface area contributed by atoms with E-state index < -0.39 is 5.91 Å². The van der Waals surface area contributed by atoms with Crippen molar-refractivity contribution in [3.8, 4) is 17.6 Å². The van der Waals surface area contributed by atoms with E-state index in [1.54, 1.807) is 30.3 Å². The fraction of sp³-hybridized carbons (Fsp3) is 0.154.